The van der Waals surface area contributed by atoms with E-state index in [4.69, 9.17) is 4.98 Å². The highest BCUT2D eigenvalue weighted by Gasteiger charge is 2.11. The van der Waals surface area contributed by atoms with E-state index in [1.165, 1.54) is 22.5 Å². The maximum absolute atomic E-state index is 4.82. The Kier molecular flexibility index (Phi) is 5.92. The summed E-state index contributed by atoms with van der Waals surface area (Å²) >= 11 is 1.54. The maximum atomic E-state index is 4.82. The van der Waals surface area contributed by atoms with Crippen molar-refractivity contribution in [2.75, 3.05) is 37.9 Å². The van der Waals surface area contributed by atoms with E-state index >= 15 is 0 Å². The molecule has 154 valence electrons. The van der Waals surface area contributed by atoms with Gasteiger partial charge in [0.15, 0.2) is 5.13 Å². The maximum Gasteiger partial charge on any atom is 0.190 e. The smallest absolute Gasteiger partial charge is 0.190 e. The highest BCUT2D eigenvalue weighted by atomic mass is 32.1. The molecule has 0 atom stereocenters. The number of nitrogens with zero attached hydrogens (tertiary/aromatic N) is 5. The second kappa shape index (κ2) is 8.77. The third kappa shape index (κ3) is 4.75. The minimum absolute atomic E-state index is 0.796. The van der Waals surface area contributed by atoms with Gasteiger partial charge in [0.2, 0.25) is 0 Å². The first-order chi connectivity index (χ1) is 14.5. The molecule has 1 N–H and O–H groups in total. The molecule has 0 spiro atoms. The van der Waals surface area contributed by atoms with E-state index in [2.05, 4.69) is 82.5 Å². The second-order valence-electron chi connectivity index (χ2n) is 7.63. The minimum Gasteiger partial charge on any atom is -0.329 e. The van der Waals surface area contributed by atoms with Crippen LogP contribution in [-0.2, 0) is 6.42 Å². The van der Waals surface area contributed by atoms with Gasteiger partial charge in [-0.2, -0.15) is 0 Å². The Hall–Kier alpha value is -3.03. The van der Waals surface area contributed by atoms with E-state index < -0.39 is 0 Å². The summed E-state index contributed by atoms with van der Waals surface area (Å²) in [4.78, 5) is 19.1. The molecule has 0 aliphatic heterocycles. The molecular formula is C23H26N6S. The summed E-state index contributed by atoms with van der Waals surface area (Å²) < 4.78 is 0. The normalized spacial score (nSPS) is 11.2. The molecule has 0 unspecified atom stereocenters. The molecule has 30 heavy (non-hydrogen) atoms. The number of fused-ring (bicyclic) bond motifs is 1. The fourth-order valence-corrected chi connectivity index (χ4v) is 3.95. The third-order valence-electron chi connectivity index (χ3n) is 4.91. The number of aryl methyl sites for hydroxylation is 1. The van der Waals surface area contributed by atoms with E-state index in [1.54, 1.807) is 0 Å². The van der Waals surface area contributed by atoms with Gasteiger partial charge in [0.25, 0.3) is 0 Å². The fourth-order valence-electron chi connectivity index (χ4n) is 3.11. The Morgan fingerprint density at radius 1 is 0.967 bits per heavy atom. The number of benzene rings is 1. The summed E-state index contributed by atoms with van der Waals surface area (Å²) in [6, 6.07) is 16.6. The van der Waals surface area contributed by atoms with Crippen LogP contribution in [-0.4, -0.2) is 47.5 Å². The third-order valence-corrected chi connectivity index (χ3v) is 5.79. The molecule has 4 aromatic rings. The average molecular weight is 419 g/mol. The lowest BCUT2D eigenvalue weighted by atomic mass is 10.2. The molecule has 3 aromatic heterocycles. The van der Waals surface area contributed by atoms with Crippen LogP contribution in [0.15, 0.2) is 54.7 Å². The monoisotopic (exact) mass is 418 g/mol. The van der Waals surface area contributed by atoms with E-state index in [0.717, 1.165) is 45.8 Å². The predicted octanol–water partition coefficient (Wildman–Crippen LogP) is 5.01. The number of pyridine rings is 2. The van der Waals surface area contributed by atoms with Crippen molar-refractivity contribution >= 4 is 44.1 Å². The van der Waals surface area contributed by atoms with Gasteiger partial charge in [-0.1, -0.05) is 29.0 Å². The van der Waals surface area contributed by atoms with Crippen LogP contribution in [0.1, 0.15) is 11.1 Å². The summed E-state index contributed by atoms with van der Waals surface area (Å²) in [5.74, 6) is 1.70. The van der Waals surface area contributed by atoms with Gasteiger partial charge >= 0.3 is 0 Å². The molecule has 4 rings (SSSR count). The number of anilines is 4. The number of likely N-dealkylation sites (N-methyl/N-ethyl adjacent to an activating group) is 1. The lowest BCUT2D eigenvalue weighted by Gasteiger charge is -2.18. The molecule has 0 fully saturated rings. The molecule has 0 aliphatic carbocycles. The molecule has 7 heteroatoms. The SMILES string of the molecule is Cc1ccc(N(C)c2ccc3nc(Nc4cc(CCN(C)C)ccn4)sc3n2)cc1. The van der Waals surface area contributed by atoms with Crippen LogP contribution in [0, 0.1) is 6.92 Å². The van der Waals surface area contributed by atoms with Crippen LogP contribution in [0.4, 0.5) is 22.5 Å². The zero-order chi connectivity index (χ0) is 21.1. The Bertz CT molecular complexity index is 1140. The van der Waals surface area contributed by atoms with Crippen molar-refractivity contribution in [2.24, 2.45) is 0 Å². The Balaban J connectivity index is 1.53. The van der Waals surface area contributed by atoms with Crippen LogP contribution in [0.25, 0.3) is 10.3 Å². The van der Waals surface area contributed by atoms with Crippen molar-refractivity contribution in [2.45, 2.75) is 13.3 Å². The van der Waals surface area contributed by atoms with Gasteiger partial charge in [0.05, 0.1) is 0 Å². The predicted molar refractivity (Wildman–Crippen MR) is 126 cm³/mol. The topological polar surface area (TPSA) is 57.2 Å². The highest BCUT2D eigenvalue weighted by Crippen LogP contribution is 2.30. The largest absolute Gasteiger partial charge is 0.329 e. The minimum atomic E-state index is 0.796. The molecule has 6 nitrogen and oxygen atoms in total. The van der Waals surface area contributed by atoms with Crippen molar-refractivity contribution in [1.29, 1.82) is 0 Å². The number of thiazole rings is 1. The molecule has 1 aromatic carbocycles. The number of hydrogen-bond donors (Lipinski definition) is 1. The van der Waals surface area contributed by atoms with Gasteiger partial charge in [-0.05, 0) is 69.4 Å². The number of aromatic nitrogens is 3. The van der Waals surface area contributed by atoms with E-state index in [9.17, 15) is 0 Å². The van der Waals surface area contributed by atoms with Crippen molar-refractivity contribution < 1.29 is 0 Å². The van der Waals surface area contributed by atoms with Crippen molar-refractivity contribution in [3.8, 4) is 0 Å². The van der Waals surface area contributed by atoms with E-state index in [1.807, 2.05) is 25.4 Å². The molecule has 0 bridgehead atoms. The first kappa shape index (κ1) is 20.3. The first-order valence-corrected chi connectivity index (χ1v) is 10.7. The lowest BCUT2D eigenvalue weighted by Crippen LogP contribution is -2.15. The zero-order valence-electron chi connectivity index (χ0n) is 17.8. The van der Waals surface area contributed by atoms with Gasteiger partial charge in [0, 0.05) is 25.5 Å². The average Bonchev–Trinajstić information content (AvgIpc) is 3.14. The molecule has 0 amide bonds. The van der Waals surface area contributed by atoms with Gasteiger partial charge in [-0.15, -0.1) is 0 Å². The Morgan fingerprint density at radius 2 is 1.77 bits per heavy atom. The van der Waals surface area contributed by atoms with Crippen LogP contribution in [0.2, 0.25) is 0 Å². The lowest BCUT2D eigenvalue weighted by molar-refractivity contribution is 0.413. The highest BCUT2D eigenvalue weighted by molar-refractivity contribution is 7.21. The standard InChI is InChI=1S/C23H26N6S/c1-16-5-7-18(8-6-16)29(4)21-10-9-19-22(27-21)30-23(25-19)26-20-15-17(11-13-24-20)12-14-28(2)3/h5-11,13,15H,12,14H2,1-4H3,(H,24,25,26). The summed E-state index contributed by atoms with van der Waals surface area (Å²) in [5.41, 5.74) is 4.48. The molecule has 0 saturated carbocycles. The van der Waals surface area contributed by atoms with Crippen LogP contribution in [0.5, 0.6) is 0 Å². The number of nitrogens with one attached hydrogen (secondary N) is 1. The van der Waals surface area contributed by atoms with E-state index in [0.29, 0.717) is 0 Å². The molecular weight excluding hydrogens is 392 g/mol. The summed E-state index contributed by atoms with van der Waals surface area (Å²) in [6.07, 6.45) is 2.83. The van der Waals surface area contributed by atoms with Crippen LogP contribution in [0.3, 0.4) is 0 Å². The van der Waals surface area contributed by atoms with Gasteiger partial charge in [-0.3, -0.25) is 0 Å². The molecule has 0 radical (unpaired) electrons. The molecule has 0 aliphatic rings. The van der Waals surface area contributed by atoms with E-state index in [-0.39, 0.29) is 0 Å². The van der Waals surface area contributed by atoms with Crippen LogP contribution < -0.4 is 10.2 Å². The molecule has 3 heterocycles. The Morgan fingerprint density at radius 3 is 2.53 bits per heavy atom. The number of rotatable bonds is 7. The van der Waals surface area contributed by atoms with Crippen molar-refractivity contribution in [3.63, 3.8) is 0 Å². The fraction of sp³-hybridized carbons (Fsp3) is 0.261. The quantitative estimate of drug-likeness (QED) is 0.455. The molecule has 0 saturated heterocycles. The summed E-state index contributed by atoms with van der Waals surface area (Å²) in [6.45, 7) is 3.10. The zero-order valence-corrected chi connectivity index (χ0v) is 18.6. The van der Waals surface area contributed by atoms with Crippen molar-refractivity contribution in [1.82, 2.24) is 19.9 Å². The van der Waals surface area contributed by atoms with Gasteiger partial charge < -0.3 is 15.1 Å². The Labute approximate surface area is 181 Å². The summed E-state index contributed by atoms with van der Waals surface area (Å²) in [5, 5.41) is 4.13. The van der Waals surface area contributed by atoms with Gasteiger partial charge in [-0.25, -0.2) is 15.0 Å². The van der Waals surface area contributed by atoms with Crippen molar-refractivity contribution in [3.05, 3.63) is 65.9 Å². The number of hydrogen-bond acceptors (Lipinski definition) is 7. The van der Waals surface area contributed by atoms with Crippen LogP contribution >= 0.6 is 11.3 Å². The second-order valence-corrected chi connectivity index (χ2v) is 8.61. The van der Waals surface area contributed by atoms with Gasteiger partial charge in [0.1, 0.15) is 22.0 Å². The summed E-state index contributed by atoms with van der Waals surface area (Å²) in [7, 11) is 6.19. The first-order valence-electron chi connectivity index (χ1n) is 9.92.